The fourth-order valence-electron chi connectivity index (χ4n) is 5.28. The lowest BCUT2D eigenvalue weighted by Crippen LogP contribution is -2.62. The van der Waals surface area contributed by atoms with Crippen LogP contribution in [0.2, 0.25) is 0 Å². The van der Waals surface area contributed by atoms with Gasteiger partial charge in [-0.15, -0.1) is 0 Å². The van der Waals surface area contributed by atoms with Gasteiger partial charge in [-0.2, -0.15) is 0 Å². The number of hydrogen-bond acceptors (Lipinski definition) is 19. The first-order chi connectivity index (χ1) is 23.2. The van der Waals surface area contributed by atoms with E-state index in [1.807, 2.05) is 0 Å². The van der Waals surface area contributed by atoms with E-state index < -0.39 is 113 Å². The summed E-state index contributed by atoms with van der Waals surface area (Å²) in [5.41, 5.74) is 0. The van der Waals surface area contributed by atoms with Crippen molar-refractivity contribution < 1.29 is 98.2 Å². The van der Waals surface area contributed by atoms with E-state index in [0.29, 0.717) is 32.1 Å². The largest absolute Gasteiger partial charge is 0.396 e. The van der Waals surface area contributed by atoms with Crippen molar-refractivity contribution in [1.29, 1.82) is 0 Å². The molecule has 16 atom stereocenters. The van der Waals surface area contributed by atoms with E-state index >= 15 is 0 Å². The molecule has 3 rings (SSSR count). The number of aliphatic hydroxyl groups excluding tert-OH is 10. The molecule has 3 heterocycles. The summed E-state index contributed by atoms with van der Waals surface area (Å²) in [6.07, 6.45) is -21.0. The molecule has 0 aromatic rings. The highest BCUT2D eigenvalue weighted by atomic mass is 31.2. The maximum absolute atomic E-state index is 11.1. The fraction of sp³-hybridized carbons (Fsp3) is 1.00. The molecule has 0 radical (unpaired) electrons. The van der Waals surface area contributed by atoms with Gasteiger partial charge >= 0.3 is 7.60 Å². The molecule has 21 heteroatoms. The summed E-state index contributed by atoms with van der Waals surface area (Å²) in [6, 6.07) is 0. The van der Waals surface area contributed by atoms with Gasteiger partial charge in [0.25, 0.3) is 0 Å². The Morgan fingerprint density at radius 2 is 0.918 bits per heavy atom. The highest BCUT2D eigenvalue weighted by molar-refractivity contribution is 7.51. The zero-order valence-corrected chi connectivity index (χ0v) is 28.1. The Morgan fingerprint density at radius 1 is 0.510 bits per heavy atom. The first-order valence-corrected chi connectivity index (χ1v) is 18.3. The predicted molar refractivity (Wildman–Crippen MR) is 161 cm³/mol. The number of ether oxygens (including phenoxy) is 7. The van der Waals surface area contributed by atoms with Gasteiger partial charge in [-0.3, -0.25) is 4.57 Å². The van der Waals surface area contributed by atoms with E-state index in [9.17, 15) is 50.5 Å². The van der Waals surface area contributed by atoms with Gasteiger partial charge < -0.3 is 93.6 Å². The molecule has 0 aliphatic carbocycles. The average Bonchev–Trinajstić information content (AvgIpc) is 3.06. The minimum atomic E-state index is -3.58. The molecule has 0 spiro atoms. The van der Waals surface area contributed by atoms with Crippen LogP contribution in [0.5, 0.6) is 0 Å². The van der Waals surface area contributed by atoms with E-state index in [0.717, 1.165) is 6.66 Å². The molecule has 290 valence electrons. The van der Waals surface area contributed by atoms with Gasteiger partial charge in [-0.05, 0) is 32.1 Å². The summed E-state index contributed by atoms with van der Waals surface area (Å²) in [7, 11) is -3.58. The summed E-state index contributed by atoms with van der Waals surface area (Å²) in [6.45, 7) is 0.0755. The molecule has 3 aliphatic rings. The summed E-state index contributed by atoms with van der Waals surface area (Å²) in [5.74, 6) is 0. The lowest BCUT2D eigenvalue weighted by molar-refractivity contribution is -0.342. The molecule has 20 nitrogen and oxygen atoms in total. The minimum Gasteiger partial charge on any atom is -0.396 e. The topological polar surface area (TPSA) is 313 Å². The summed E-state index contributed by atoms with van der Waals surface area (Å²) >= 11 is 0. The van der Waals surface area contributed by atoms with Gasteiger partial charge in [0.05, 0.1) is 26.4 Å². The van der Waals surface area contributed by atoms with Gasteiger partial charge in [0.1, 0.15) is 73.2 Å². The monoisotopic (exact) mass is 740 g/mol. The van der Waals surface area contributed by atoms with Crippen LogP contribution in [0.25, 0.3) is 0 Å². The molecule has 11 N–H and O–H groups in total. The Kier molecular flexibility index (Phi) is 18.1. The zero-order chi connectivity index (χ0) is 36.3. The average molecular weight is 741 g/mol. The van der Waals surface area contributed by atoms with E-state index in [1.54, 1.807) is 0 Å². The predicted octanol–water partition coefficient (Wildman–Crippen LogP) is -4.75. The van der Waals surface area contributed by atoms with Crippen molar-refractivity contribution in [3.05, 3.63) is 0 Å². The van der Waals surface area contributed by atoms with Crippen molar-refractivity contribution in [3.63, 3.8) is 0 Å². The van der Waals surface area contributed by atoms with Gasteiger partial charge in [0.2, 0.25) is 0 Å². The standard InChI is InChI=1S/C28H53O20P/c1-49(39,40)45-10-6-5-8-41-11-14-17(30)20(33)24(37)27(46-14)43-13-16-19(32)22(35)25(38)28(48-16)44-12-15-18(31)21(34)23(36)26(47-15)42-9-4-2-3-7-29/h14-38H,2-13H2,1H3,(H,39,40). The first kappa shape index (κ1) is 42.9. The number of rotatable bonds is 20. The Bertz CT molecular complexity index is 976. The van der Waals surface area contributed by atoms with E-state index in [2.05, 4.69) is 0 Å². The Labute approximate surface area is 283 Å². The van der Waals surface area contributed by atoms with Gasteiger partial charge in [0, 0.05) is 26.5 Å². The van der Waals surface area contributed by atoms with E-state index in [4.69, 9.17) is 47.7 Å². The lowest BCUT2D eigenvalue weighted by Gasteiger charge is -2.44. The summed E-state index contributed by atoms with van der Waals surface area (Å²) in [4.78, 5) is 9.13. The van der Waals surface area contributed by atoms with Crippen molar-refractivity contribution in [1.82, 2.24) is 0 Å². The number of aliphatic hydroxyl groups is 10. The van der Waals surface area contributed by atoms with Gasteiger partial charge in [-0.25, -0.2) is 0 Å². The minimum absolute atomic E-state index is 0.0125. The number of unbranched alkanes of at least 4 members (excludes halogenated alkanes) is 3. The van der Waals surface area contributed by atoms with E-state index in [-0.39, 0.29) is 33.0 Å². The maximum atomic E-state index is 11.1. The zero-order valence-electron chi connectivity index (χ0n) is 27.2. The number of hydrogen-bond donors (Lipinski definition) is 11. The quantitative estimate of drug-likeness (QED) is 0.0412. The van der Waals surface area contributed by atoms with Crippen LogP contribution in [0.4, 0.5) is 0 Å². The molecule has 3 saturated heterocycles. The van der Waals surface area contributed by atoms with Crippen molar-refractivity contribution in [2.24, 2.45) is 0 Å². The van der Waals surface area contributed by atoms with Crippen LogP contribution in [-0.4, -0.2) is 201 Å². The van der Waals surface area contributed by atoms with Crippen molar-refractivity contribution in [2.75, 3.05) is 52.9 Å². The van der Waals surface area contributed by atoms with Crippen LogP contribution in [0.3, 0.4) is 0 Å². The van der Waals surface area contributed by atoms with Crippen LogP contribution in [0.15, 0.2) is 0 Å². The fourth-order valence-corrected chi connectivity index (χ4v) is 5.75. The Hall–Kier alpha value is -0.530. The molecule has 0 amide bonds. The van der Waals surface area contributed by atoms with Crippen LogP contribution >= 0.6 is 7.60 Å². The normalized spacial score (nSPS) is 41.4. The van der Waals surface area contributed by atoms with Crippen molar-refractivity contribution in [2.45, 2.75) is 124 Å². The van der Waals surface area contributed by atoms with Crippen molar-refractivity contribution >= 4 is 7.60 Å². The SMILES string of the molecule is CP(=O)(O)OCCCCOCC1OC(OCC2OC(OCC3OC(OCCCCCO)C(O)C(O)C3O)C(O)C(O)C2O)C(O)C(O)C1O. The van der Waals surface area contributed by atoms with Gasteiger partial charge in [-0.1, -0.05) is 0 Å². The highest BCUT2D eigenvalue weighted by Gasteiger charge is 2.49. The van der Waals surface area contributed by atoms with Crippen LogP contribution in [-0.2, 0) is 42.2 Å². The van der Waals surface area contributed by atoms with Gasteiger partial charge in [0.15, 0.2) is 18.9 Å². The third-order valence-corrected chi connectivity index (χ3v) is 8.90. The molecule has 49 heavy (non-hydrogen) atoms. The van der Waals surface area contributed by atoms with Crippen LogP contribution in [0, 0.1) is 0 Å². The molecule has 16 unspecified atom stereocenters. The smallest absolute Gasteiger partial charge is 0.325 e. The second-order valence-electron chi connectivity index (χ2n) is 12.3. The molecule has 3 aliphatic heterocycles. The second-order valence-corrected chi connectivity index (χ2v) is 14.1. The molecule has 3 fully saturated rings. The molecular weight excluding hydrogens is 687 g/mol. The molecule has 0 saturated carbocycles. The summed E-state index contributed by atoms with van der Waals surface area (Å²) < 4.78 is 54.7. The molecule has 0 aromatic heterocycles. The Morgan fingerprint density at radius 3 is 1.37 bits per heavy atom. The van der Waals surface area contributed by atoms with Crippen LogP contribution in [0.1, 0.15) is 32.1 Å². The van der Waals surface area contributed by atoms with E-state index in [1.165, 1.54) is 0 Å². The Balaban J connectivity index is 1.50. The molecule has 0 bridgehead atoms. The molecular formula is C28H53O20P. The molecule has 0 aromatic carbocycles. The lowest BCUT2D eigenvalue weighted by atomic mass is 9.98. The highest BCUT2D eigenvalue weighted by Crippen LogP contribution is 2.36. The maximum Gasteiger partial charge on any atom is 0.325 e. The third-order valence-electron chi connectivity index (χ3n) is 8.24. The first-order valence-electron chi connectivity index (χ1n) is 16.2. The van der Waals surface area contributed by atoms with Crippen molar-refractivity contribution in [3.8, 4) is 0 Å². The van der Waals surface area contributed by atoms with Crippen LogP contribution < -0.4 is 0 Å². The summed E-state index contributed by atoms with van der Waals surface area (Å²) in [5, 5.41) is 103. The second kappa shape index (κ2) is 20.6. The third kappa shape index (κ3) is 12.8.